The third-order valence-corrected chi connectivity index (χ3v) is 1.85. The highest BCUT2D eigenvalue weighted by Crippen LogP contribution is 2.08. The second kappa shape index (κ2) is 5.32. The predicted molar refractivity (Wildman–Crippen MR) is 52.9 cm³/mol. The first-order chi connectivity index (χ1) is 7.06. The van der Waals surface area contributed by atoms with Crippen molar-refractivity contribution < 1.29 is 21.8 Å². The number of aryl methyl sites for hydroxylation is 1. The summed E-state index contributed by atoms with van der Waals surface area (Å²) in [6, 6.07) is 0. The SMILES string of the molecule is COS(=O)(=O)[O-].C[n+]1cn(C(C)(C)C)nn1. The second-order valence-electron chi connectivity index (χ2n) is 3.96. The van der Waals surface area contributed by atoms with Gasteiger partial charge in [0.05, 0.1) is 14.2 Å². The number of nitrogens with zero attached hydrogens (tertiary/aromatic N) is 4. The fourth-order valence-electron chi connectivity index (χ4n) is 0.618. The third kappa shape index (κ3) is 6.43. The molecule has 0 fully saturated rings. The topological polar surface area (TPSA) is 101 Å². The summed E-state index contributed by atoms with van der Waals surface area (Å²) in [6.07, 6.45) is 1.86. The van der Waals surface area contributed by atoms with Crippen LogP contribution in [0.2, 0.25) is 0 Å². The molecule has 94 valence electrons. The monoisotopic (exact) mass is 252 g/mol. The van der Waals surface area contributed by atoms with Gasteiger partial charge in [-0.05, 0) is 20.8 Å². The van der Waals surface area contributed by atoms with Gasteiger partial charge in [-0.15, -0.1) is 4.68 Å². The van der Waals surface area contributed by atoms with Crippen LogP contribution in [0.4, 0.5) is 0 Å². The first-order valence-corrected chi connectivity index (χ1v) is 5.70. The number of hydrogen-bond acceptors (Lipinski definition) is 6. The number of aromatic nitrogens is 4. The Morgan fingerprint density at radius 1 is 1.44 bits per heavy atom. The molecule has 0 N–H and O–H groups in total. The van der Waals surface area contributed by atoms with E-state index in [4.69, 9.17) is 0 Å². The molecule has 0 saturated heterocycles. The van der Waals surface area contributed by atoms with Gasteiger partial charge in [0.25, 0.3) is 0 Å². The molecule has 0 radical (unpaired) electrons. The molecule has 1 aromatic rings. The zero-order valence-electron chi connectivity index (χ0n) is 9.91. The first-order valence-electron chi connectivity index (χ1n) is 4.36. The Kier molecular flexibility index (Phi) is 4.97. The molecule has 0 aliphatic carbocycles. The number of tetrazole rings is 1. The normalized spacial score (nSPS) is 11.9. The van der Waals surface area contributed by atoms with Crippen molar-refractivity contribution in [3.63, 3.8) is 0 Å². The van der Waals surface area contributed by atoms with Crippen LogP contribution >= 0.6 is 0 Å². The van der Waals surface area contributed by atoms with Crippen molar-refractivity contribution in [1.29, 1.82) is 0 Å². The van der Waals surface area contributed by atoms with Crippen LogP contribution in [0.15, 0.2) is 6.33 Å². The minimum atomic E-state index is -4.41. The fraction of sp³-hybridized carbons (Fsp3) is 0.857. The van der Waals surface area contributed by atoms with Gasteiger partial charge in [-0.25, -0.2) is 8.42 Å². The van der Waals surface area contributed by atoms with Crippen molar-refractivity contribution >= 4 is 10.4 Å². The molecule has 16 heavy (non-hydrogen) atoms. The Morgan fingerprint density at radius 2 is 1.88 bits per heavy atom. The molecular weight excluding hydrogens is 236 g/mol. The minimum absolute atomic E-state index is 0.0360. The maximum Gasteiger partial charge on any atom is 0.244 e. The Labute approximate surface area is 94.8 Å². The first kappa shape index (κ1) is 14.9. The zero-order valence-corrected chi connectivity index (χ0v) is 10.7. The van der Waals surface area contributed by atoms with Gasteiger partial charge in [0, 0.05) is 0 Å². The van der Waals surface area contributed by atoms with Crippen molar-refractivity contribution in [3.05, 3.63) is 6.33 Å². The van der Waals surface area contributed by atoms with Gasteiger partial charge in [-0.2, -0.15) is 0 Å². The van der Waals surface area contributed by atoms with Crippen molar-refractivity contribution in [2.24, 2.45) is 7.05 Å². The van der Waals surface area contributed by atoms with E-state index >= 15 is 0 Å². The highest BCUT2D eigenvalue weighted by atomic mass is 32.3. The Morgan fingerprint density at radius 3 is 2.00 bits per heavy atom. The van der Waals surface area contributed by atoms with Crippen LogP contribution in [0.5, 0.6) is 0 Å². The van der Waals surface area contributed by atoms with Gasteiger partial charge in [0.2, 0.25) is 16.7 Å². The molecule has 0 aliphatic rings. The average molecular weight is 252 g/mol. The van der Waals surface area contributed by atoms with E-state index in [1.165, 1.54) is 0 Å². The summed E-state index contributed by atoms with van der Waals surface area (Å²) in [5, 5.41) is 7.73. The van der Waals surface area contributed by atoms with Crippen LogP contribution in [0.25, 0.3) is 0 Å². The quantitative estimate of drug-likeness (QED) is 0.359. The van der Waals surface area contributed by atoms with Gasteiger partial charge in [-0.1, -0.05) is 4.68 Å². The Hall–Kier alpha value is -1.06. The molecule has 9 heteroatoms. The van der Waals surface area contributed by atoms with Crippen LogP contribution in [0.3, 0.4) is 0 Å². The summed E-state index contributed by atoms with van der Waals surface area (Å²) in [6.45, 7) is 6.26. The maximum absolute atomic E-state index is 9.22. The Balaban J connectivity index is 0.000000325. The standard InChI is InChI=1S/C6H13N4.CH4O4S/c1-6(2,3)10-5-9(4)7-8-10;1-5-6(2,3)4/h5H,1-4H3;1H3,(H,2,3,4)/q+1;/p-1. The van der Waals surface area contributed by atoms with E-state index in [2.05, 4.69) is 35.4 Å². The fourth-order valence-corrected chi connectivity index (χ4v) is 0.618. The lowest BCUT2D eigenvalue weighted by Crippen LogP contribution is -2.30. The summed E-state index contributed by atoms with van der Waals surface area (Å²) in [5.41, 5.74) is 0.0360. The van der Waals surface area contributed by atoms with Gasteiger partial charge < -0.3 is 4.55 Å². The molecule has 8 nitrogen and oxygen atoms in total. The van der Waals surface area contributed by atoms with E-state index < -0.39 is 10.4 Å². The van der Waals surface area contributed by atoms with E-state index in [9.17, 15) is 13.0 Å². The Bertz CT molecular complexity index is 420. The second-order valence-corrected chi connectivity index (χ2v) is 5.11. The molecular formula is C7H16N4O4S. The summed E-state index contributed by atoms with van der Waals surface area (Å²) < 4.78 is 34.5. The van der Waals surface area contributed by atoms with Crippen LogP contribution in [0.1, 0.15) is 20.8 Å². The van der Waals surface area contributed by atoms with Gasteiger partial charge in [0.1, 0.15) is 10.8 Å². The van der Waals surface area contributed by atoms with Crippen LogP contribution in [0, 0.1) is 0 Å². The molecule has 1 aromatic heterocycles. The van der Waals surface area contributed by atoms with E-state index in [0.717, 1.165) is 7.11 Å². The van der Waals surface area contributed by atoms with E-state index in [1.807, 2.05) is 18.1 Å². The van der Waals surface area contributed by atoms with Gasteiger partial charge >= 0.3 is 0 Å². The van der Waals surface area contributed by atoms with E-state index in [-0.39, 0.29) is 5.54 Å². The smallest absolute Gasteiger partial charge is 0.244 e. The average Bonchev–Trinajstić information content (AvgIpc) is 2.51. The van der Waals surface area contributed by atoms with Crippen molar-refractivity contribution in [2.45, 2.75) is 26.3 Å². The molecule has 0 aromatic carbocycles. The van der Waals surface area contributed by atoms with Gasteiger partial charge in [-0.3, -0.25) is 4.18 Å². The minimum Gasteiger partial charge on any atom is -0.726 e. The molecule has 0 spiro atoms. The van der Waals surface area contributed by atoms with Gasteiger partial charge in [0.15, 0.2) is 5.21 Å². The predicted octanol–water partition coefficient (Wildman–Crippen LogP) is -1.05. The van der Waals surface area contributed by atoms with Crippen LogP contribution in [-0.2, 0) is 27.2 Å². The lowest BCUT2D eigenvalue weighted by Gasteiger charge is -2.08. The lowest BCUT2D eigenvalue weighted by atomic mass is 10.1. The zero-order chi connectivity index (χ0) is 13.0. The molecule has 0 saturated carbocycles. The molecule has 1 heterocycles. The molecule has 0 atom stereocenters. The lowest BCUT2D eigenvalue weighted by molar-refractivity contribution is -0.732. The summed E-state index contributed by atoms with van der Waals surface area (Å²) in [5.74, 6) is 0. The van der Waals surface area contributed by atoms with Crippen molar-refractivity contribution in [3.8, 4) is 0 Å². The molecule has 0 amide bonds. The number of hydrogen-bond donors (Lipinski definition) is 0. The van der Waals surface area contributed by atoms with Crippen molar-refractivity contribution in [1.82, 2.24) is 15.1 Å². The summed E-state index contributed by atoms with van der Waals surface area (Å²) in [4.78, 5) is 0. The maximum atomic E-state index is 9.22. The molecule has 0 bridgehead atoms. The summed E-state index contributed by atoms with van der Waals surface area (Å²) >= 11 is 0. The third-order valence-electron chi connectivity index (χ3n) is 1.45. The summed E-state index contributed by atoms with van der Waals surface area (Å²) in [7, 11) is -1.75. The highest BCUT2D eigenvalue weighted by molar-refractivity contribution is 7.80. The molecule has 0 unspecified atom stereocenters. The number of rotatable bonds is 1. The van der Waals surface area contributed by atoms with E-state index in [1.54, 1.807) is 4.68 Å². The van der Waals surface area contributed by atoms with E-state index in [0.29, 0.717) is 0 Å². The highest BCUT2D eigenvalue weighted by Gasteiger charge is 2.21. The molecule has 0 aliphatic heterocycles. The largest absolute Gasteiger partial charge is 0.726 e. The van der Waals surface area contributed by atoms with Crippen molar-refractivity contribution in [2.75, 3.05) is 7.11 Å². The molecule has 1 rings (SSSR count). The van der Waals surface area contributed by atoms with Crippen LogP contribution < -0.4 is 4.68 Å². The van der Waals surface area contributed by atoms with Crippen LogP contribution in [-0.4, -0.2) is 35.2 Å².